The van der Waals surface area contributed by atoms with E-state index < -0.39 is 16.6 Å². The molecule has 0 N–H and O–H groups in total. The molecule has 0 aromatic heterocycles. The molecule has 0 saturated carbocycles. The Hall–Kier alpha value is -0.910. The smallest absolute Gasteiger partial charge is 0.410 e. The van der Waals surface area contributed by atoms with Crippen LogP contribution in [0.1, 0.15) is 60.8 Å². The maximum Gasteiger partial charge on any atom is 0.410 e. The van der Waals surface area contributed by atoms with Gasteiger partial charge in [-0.1, -0.05) is 0 Å². The van der Waals surface area contributed by atoms with Gasteiger partial charge in [0.1, 0.15) is 16.6 Å². The van der Waals surface area contributed by atoms with Crippen LogP contribution in [0.25, 0.3) is 0 Å². The quantitative estimate of drug-likeness (QED) is 0.734. The number of ether oxygens (including phenoxy) is 1. The van der Waals surface area contributed by atoms with E-state index in [1.807, 2.05) is 41.5 Å². The summed E-state index contributed by atoms with van der Waals surface area (Å²) in [5, 5.41) is 0. The van der Waals surface area contributed by atoms with Crippen LogP contribution in [-0.2, 0) is 15.7 Å². The summed E-state index contributed by atoms with van der Waals surface area (Å²) in [6.45, 7) is 11.9. The topological polar surface area (TPSA) is 59.0 Å². The molecule has 1 aliphatic rings. The zero-order chi connectivity index (χ0) is 16.3. The highest BCUT2D eigenvalue weighted by Crippen LogP contribution is 2.20. The van der Waals surface area contributed by atoms with E-state index in [1.54, 1.807) is 11.1 Å². The molecule has 122 valence electrons. The van der Waals surface area contributed by atoms with Crippen LogP contribution < -0.4 is 0 Å². The molecule has 0 aliphatic carbocycles. The maximum atomic E-state index is 12.2. The fourth-order valence-electron chi connectivity index (χ4n) is 1.94. The average Bonchev–Trinajstić information content (AvgIpc) is 2.33. The van der Waals surface area contributed by atoms with Crippen molar-refractivity contribution >= 4 is 23.3 Å². The van der Waals surface area contributed by atoms with Gasteiger partial charge in [0.25, 0.3) is 0 Å². The number of piperidine rings is 1. The van der Waals surface area contributed by atoms with E-state index in [9.17, 15) is 9.00 Å². The molecule has 6 heteroatoms. The van der Waals surface area contributed by atoms with Gasteiger partial charge in [0.2, 0.25) is 0 Å². The molecule has 1 fully saturated rings. The van der Waals surface area contributed by atoms with Crippen LogP contribution in [0.4, 0.5) is 4.79 Å². The number of carbonyl (C=O) groups is 1. The first kappa shape index (κ1) is 18.1. The molecule has 0 bridgehead atoms. The molecular weight excluding hydrogens is 288 g/mol. The normalized spacial score (nSPS) is 22.4. The molecule has 21 heavy (non-hydrogen) atoms. The molecule has 2 atom stereocenters. The van der Waals surface area contributed by atoms with E-state index in [-0.39, 0.29) is 16.9 Å². The minimum atomic E-state index is -1.30. The van der Waals surface area contributed by atoms with Gasteiger partial charge in [-0.25, -0.2) is 9.00 Å². The second-order valence-corrected chi connectivity index (χ2v) is 9.29. The molecule has 1 heterocycles. The number of rotatable bonds is 2. The lowest BCUT2D eigenvalue weighted by Crippen LogP contribution is -2.47. The number of hydrogen-bond acceptors (Lipinski definition) is 3. The zero-order valence-corrected chi connectivity index (χ0v) is 14.8. The summed E-state index contributed by atoms with van der Waals surface area (Å²) in [7, 11) is -1.30. The van der Waals surface area contributed by atoms with E-state index in [2.05, 4.69) is 4.40 Å². The van der Waals surface area contributed by atoms with Gasteiger partial charge in [-0.2, -0.15) is 4.40 Å². The van der Waals surface area contributed by atoms with Gasteiger partial charge in [0, 0.05) is 12.8 Å². The van der Waals surface area contributed by atoms with E-state index >= 15 is 0 Å². The predicted molar refractivity (Wildman–Crippen MR) is 87.0 cm³/mol. The van der Waals surface area contributed by atoms with Gasteiger partial charge in [0.05, 0.1) is 10.8 Å². The molecule has 0 radical (unpaired) electrons. The lowest BCUT2D eigenvalue weighted by molar-refractivity contribution is 0.0171. The van der Waals surface area contributed by atoms with Crippen molar-refractivity contribution in [1.82, 2.24) is 4.90 Å². The van der Waals surface area contributed by atoms with Gasteiger partial charge < -0.3 is 9.64 Å². The van der Waals surface area contributed by atoms with Crippen molar-refractivity contribution < 1.29 is 13.7 Å². The maximum absolute atomic E-state index is 12.2. The Morgan fingerprint density at radius 1 is 1.24 bits per heavy atom. The fraction of sp³-hybridized carbons (Fsp3) is 0.867. The Balaban J connectivity index is 2.76. The molecule has 1 rings (SSSR count). The Labute approximate surface area is 130 Å². The van der Waals surface area contributed by atoms with E-state index in [4.69, 9.17) is 4.74 Å². The molecular formula is C15H28N2O3S. The third-order valence-corrected chi connectivity index (χ3v) is 4.39. The van der Waals surface area contributed by atoms with Crippen molar-refractivity contribution in [3.8, 4) is 0 Å². The van der Waals surface area contributed by atoms with Crippen LogP contribution >= 0.6 is 0 Å². The first-order valence-electron chi connectivity index (χ1n) is 7.46. The first-order valence-corrected chi connectivity index (χ1v) is 8.57. The summed E-state index contributed by atoms with van der Waals surface area (Å²) in [6.07, 6.45) is 4.18. The highest BCUT2D eigenvalue weighted by molar-refractivity contribution is 7.85. The molecule has 1 amide bonds. The Kier molecular flexibility index (Phi) is 5.96. The molecule has 0 spiro atoms. The summed E-state index contributed by atoms with van der Waals surface area (Å²) in [6, 6.07) is -0.125. The van der Waals surface area contributed by atoms with E-state index in [0.29, 0.717) is 6.54 Å². The summed E-state index contributed by atoms with van der Waals surface area (Å²) in [4.78, 5) is 13.9. The molecule has 0 aromatic rings. The number of nitrogens with zero attached hydrogens (tertiary/aromatic N) is 2. The summed E-state index contributed by atoms with van der Waals surface area (Å²) in [5.74, 6) is 0. The summed E-state index contributed by atoms with van der Waals surface area (Å²) >= 11 is 0. The van der Waals surface area contributed by atoms with Crippen molar-refractivity contribution in [2.24, 2.45) is 4.40 Å². The SMILES string of the molecule is CC(C)(C)OC(=O)N1CCCCC1C=NS(=O)C(C)(C)C. The van der Waals surface area contributed by atoms with Gasteiger partial charge in [-0.05, 0) is 60.8 Å². The molecule has 0 aromatic carbocycles. The van der Waals surface area contributed by atoms with Crippen molar-refractivity contribution in [3.05, 3.63) is 0 Å². The monoisotopic (exact) mass is 316 g/mol. The Bertz CT molecular complexity index is 422. The van der Waals surface area contributed by atoms with Crippen LogP contribution in [0, 0.1) is 0 Å². The number of amides is 1. The first-order chi connectivity index (χ1) is 9.50. The van der Waals surface area contributed by atoms with Crippen molar-refractivity contribution in [2.75, 3.05) is 6.54 Å². The molecule has 1 saturated heterocycles. The minimum absolute atomic E-state index is 0.125. The summed E-state index contributed by atoms with van der Waals surface area (Å²) in [5.41, 5.74) is -0.509. The minimum Gasteiger partial charge on any atom is -0.444 e. The van der Waals surface area contributed by atoms with Crippen LogP contribution in [0.5, 0.6) is 0 Å². The fourth-order valence-corrected chi connectivity index (χ4v) is 2.51. The summed E-state index contributed by atoms with van der Waals surface area (Å²) < 4.78 is 21.2. The second kappa shape index (κ2) is 6.90. The third kappa shape index (κ3) is 6.16. The standard InChI is InChI=1S/C15H28N2O3S/c1-14(2,3)20-13(18)17-10-8-7-9-12(17)11-16-21(19)15(4,5)6/h11-12H,7-10H2,1-6H3. The lowest BCUT2D eigenvalue weighted by atomic mass is 10.0. The lowest BCUT2D eigenvalue weighted by Gasteiger charge is -2.34. The van der Waals surface area contributed by atoms with E-state index in [0.717, 1.165) is 19.3 Å². The van der Waals surface area contributed by atoms with Crippen molar-refractivity contribution in [3.63, 3.8) is 0 Å². The Morgan fingerprint density at radius 3 is 2.38 bits per heavy atom. The number of hydrogen-bond donors (Lipinski definition) is 0. The molecule has 1 aliphatic heterocycles. The average molecular weight is 316 g/mol. The highest BCUT2D eigenvalue weighted by Gasteiger charge is 2.30. The van der Waals surface area contributed by atoms with Crippen molar-refractivity contribution in [2.45, 2.75) is 77.2 Å². The van der Waals surface area contributed by atoms with E-state index in [1.165, 1.54) is 0 Å². The van der Waals surface area contributed by atoms with Gasteiger partial charge in [-0.15, -0.1) is 0 Å². The molecule has 2 unspecified atom stereocenters. The van der Waals surface area contributed by atoms with Crippen LogP contribution in [0.15, 0.2) is 4.40 Å². The van der Waals surface area contributed by atoms with Crippen molar-refractivity contribution in [1.29, 1.82) is 0 Å². The highest BCUT2D eigenvalue weighted by atomic mass is 32.2. The van der Waals surface area contributed by atoms with Crippen LogP contribution in [0.2, 0.25) is 0 Å². The number of likely N-dealkylation sites (tertiary alicyclic amines) is 1. The largest absolute Gasteiger partial charge is 0.444 e. The number of carbonyl (C=O) groups excluding carboxylic acids is 1. The van der Waals surface area contributed by atoms with Gasteiger partial charge in [-0.3, -0.25) is 0 Å². The zero-order valence-electron chi connectivity index (χ0n) is 14.0. The van der Waals surface area contributed by atoms with Gasteiger partial charge >= 0.3 is 6.09 Å². The predicted octanol–water partition coefficient (Wildman–Crippen LogP) is 3.31. The van der Waals surface area contributed by atoms with Crippen LogP contribution in [0.3, 0.4) is 0 Å². The third-order valence-electron chi connectivity index (χ3n) is 3.03. The molecule has 5 nitrogen and oxygen atoms in total. The second-order valence-electron chi connectivity index (χ2n) is 7.35. The van der Waals surface area contributed by atoms with Crippen LogP contribution in [-0.4, -0.2) is 44.4 Å². The Morgan fingerprint density at radius 2 is 1.86 bits per heavy atom. The van der Waals surface area contributed by atoms with Gasteiger partial charge in [0.15, 0.2) is 0 Å².